The molecule has 0 radical (unpaired) electrons. The number of amides is 2. The van der Waals surface area contributed by atoms with Gasteiger partial charge in [-0.15, -0.1) is 0 Å². The van der Waals surface area contributed by atoms with Crippen LogP contribution in [-0.4, -0.2) is 17.4 Å². The van der Waals surface area contributed by atoms with Crippen LogP contribution in [0.4, 0.5) is 5.69 Å². The third-order valence-electron chi connectivity index (χ3n) is 3.73. The largest absolute Gasteiger partial charge is 0.347 e. The second kappa shape index (κ2) is 7.51. The van der Waals surface area contributed by atoms with E-state index in [9.17, 15) is 9.59 Å². The van der Waals surface area contributed by atoms with Gasteiger partial charge in [-0.2, -0.15) is 0 Å². The summed E-state index contributed by atoms with van der Waals surface area (Å²) in [5.41, 5.74) is 2.75. The molecule has 0 aliphatic rings. The maximum atomic E-state index is 12.3. The summed E-state index contributed by atoms with van der Waals surface area (Å²) in [6, 6.07) is 14.5. The van der Waals surface area contributed by atoms with Crippen molar-refractivity contribution in [3.8, 4) is 0 Å². The molecule has 0 saturated carbocycles. The predicted molar refractivity (Wildman–Crippen MR) is 102 cm³/mol. The number of carbonyl (C=O) groups is 2. The molecule has 0 heterocycles. The van der Waals surface area contributed by atoms with Crippen molar-refractivity contribution in [2.75, 3.05) is 5.32 Å². The third kappa shape index (κ3) is 5.45. The summed E-state index contributed by atoms with van der Waals surface area (Å²) >= 11 is 0. The Morgan fingerprint density at radius 2 is 1.28 bits per heavy atom. The molecule has 2 rings (SSSR count). The Morgan fingerprint density at radius 3 is 1.76 bits per heavy atom. The summed E-state index contributed by atoms with van der Waals surface area (Å²) in [7, 11) is 0. The zero-order chi connectivity index (χ0) is 18.6. The smallest absolute Gasteiger partial charge is 0.255 e. The molecule has 0 fully saturated rings. The highest BCUT2D eigenvalue weighted by Gasteiger charge is 2.15. The van der Waals surface area contributed by atoms with Gasteiger partial charge in [-0.05, 0) is 68.7 Å². The van der Waals surface area contributed by atoms with Gasteiger partial charge in [0, 0.05) is 22.4 Å². The number of rotatable bonds is 4. The summed E-state index contributed by atoms with van der Waals surface area (Å²) in [5, 5.41) is 5.76. The molecule has 0 aliphatic heterocycles. The number of carbonyl (C=O) groups excluding carboxylic acids is 2. The van der Waals surface area contributed by atoms with Crippen LogP contribution in [0.15, 0.2) is 48.5 Å². The van der Waals surface area contributed by atoms with Crippen LogP contribution in [0.3, 0.4) is 0 Å². The fraction of sp³-hybridized carbons (Fsp3) is 0.333. The number of hydrogen-bond donors (Lipinski definition) is 2. The number of nitrogens with one attached hydrogen (secondary N) is 2. The summed E-state index contributed by atoms with van der Waals surface area (Å²) in [6.07, 6.45) is 0. The van der Waals surface area contributed by atoms with E-state index in [-0.39, 0.29) is 17.4 Å². The third-order valence-corrected chi connectivity index (χ3v) is 3.73. The van der Waals surface area contributed by atoms with Gasteiger partial charge < -0.3 is 10.6 Å². The van der Waals surface area contributed by atoms with Crippen molar-refractivity contribution in [2.24, 2.45) is 0 Å². The van der Waals surface area contributed by atoms with E-state index >= 15 is 0 Å². The summed E-state index contributed by atoms with van der Waals surface area (Å²) < 4.78 is 0. The van der Waals surface area contributed by atoms with E-state index in [0.29, 0.717) is 22.7 Å². The fourth-order valence-electron chi connectivity index (χ4n) is 2.34. The van der Waals surface area contributed by atoms with Gasteiger partial charge in [-0.25, -0.2) is 0 Å². The normalized spacial score (nSPS) is 11.3. The first kappa shape index (κ1) is 18.7. The van der Waals surface area contributed by atoms with Crippen molar-refractivity contribution < 1.29 is 9.59 Å². The molecular weight excluding hydrogens is 312 g/mol. The molecule has 0 aromatic heterocycles. The van der Waals surface area contributed by atoms with Crippen molar-refractivity contribution in [1.82, 2.24) is 5.32 Å². The van der Waals surface area contributed by atoms with Crippen LogP contribution < -0.4 is 10.6 Å². The Labute approximate surface area is 149 Å². The molecular formula is C21H26N2O2. The van der Waals surface area contributed by atoms with Crippen LogP contribution in [0.2, 0.25) is 0 Å². The van der Waals surface area contributed by atoms with Gasteiger partial charge in [-0.1, -0.05) is 26.0 Å². The molecule has 4 heteroatoms. The monoisotopic (exact) mass is 338 g/mol. The average Bonchev–Trinajstić information content (AvgIpc) is 2.54. The van der Waals surface area contributed by atoms with Gasteiger partial charge in [0.25, 0.3) is 11.8 Å². The van der Waals surface area contributed by atoms with Gasteiger partial charge in [0.2, 0.25) is 0 Å². The second-order valence-corrected chi connectivity index (χ2v) is 7.51. The van der Waals surface area contributed by atoms with Crippen molar-refractivity contribution in [1.29, 1.82) is 0 Å². The zero-order valence-corrected chi connectivity index (χ0v) is 15.5. The Bertz CT molecular complexity index is 739. The van der Waals surface area contributed by atoms with Crippen LogP contribution in [0, 0.1) is 0 Å². The minimum absolute atomic E-state index is 0.130. The van der Waals surface area contributed by atoms with Crippen LogP contribution >= 0.6 is 0 Å². The summed E-state index contributed by atoms with van der Waals surface area (Å²) in [6.45, 7) is 10.0. The first-order chi connectivity index (χ1) is 11.7. The van der Waals surface area contributed by atoms with Gasteiger partial charge in [0.1, 0.15) is 0 Å². The first-order valence-electron chi connectivity index (χ1n) is 8.49. The molecule has 0 unspecified atom stereocenters. The molecule has 132 valence electrons. The van der Waals surface area contributed by atoms with E-state index in [1.165, 1.54) is 5.56 Å². The fourth-order valence-corrected chi connectivity index (χ4v) is 2.34. The Balaban J connectivity index is 2.03. The van der Waals surface area contributed by atoms with E-state index in [1.54, 1.807) is 24.3 Å². The molecule has 0 atom stereocenters. The molecule has 2 aromatic carbocycles. The highest BCUT2D eigenvalue weighted by atomic mass is 16.2. The van der Waals surface area contributed by atoms with Crippen LogP contribution in [0.25, 0.3) is 0 Å². The lowest BCUT2D eigenvalue weighted by Crippen LogP contribution is -2.40. The second-order valence-electron chi connectivity index (χ2n) is 7.51. The Hall–Kier alpha value is -2.62. The van der Waals surface area contributed by atoms with E-state index in [2.05, 4.69) is 24.5 Å². The lowest BCUT2D eigenvalue weighted by Gasteiger charge is -2.20. The Kier molecular flexibility index (Phi) is 5.62. The van der Waals surface area contributed by atoms with Crippen LogP contribution in [-0.2, 0) is 0 Å². The molecule has 2 N–H and O–H groups in total. The van der Waals surface area contributed by atoms with E-state index in [0.717, 1.165) is 0 Å². The van der Waals surface area contributed by atoms with Gasteiger partial charge in [0.05, 0.1) is 0 Å². The minimum Gasteiger partial charge on any atom is -0.347 e. The van der Waals surface area contributed by atoms with Gasteiger partial charge in [0.15, 0.2) is 0 Å². The lowest BCUT2D eigenvalue weighted by molar-refractivity contribution is 0.0919. The van der Waals surface area contributed by atoms with Crippen molar-refractivity contribution in [2.45, 2.75) is 46.1 Å². The average molecular weight is 338 g/mol. The summed E-state index contributed by atoms with van der Waals surface area (Å²) in [5.74, 6) is 0.140. The minimum atomic E-state index is -0.286. The summed E-state index contributed by atoms with van der Waals surface area (Å²) in [4.78, 5) is 24.4. The molecule has 4 nitrogen and oxygen atoms in total. The standard InChI is InChI=1S/C21H26N2O2/c1-14(2)15-6-8-16(9-7-15)19(24)22-18-12-10-17(11-13-18)20(25)23-21(3,4)5/h6-14H,1-5H3,(H,22,24)(H,23,25). The SMILES string of the molecule is CC(C)c1ccc(C(=O)Nc2ccc(C(=O)NC(C)(C)C)cc2)cc1. The van der Waals surface area contributed by atoms with E-state index < -0.39 is 0 Å². The van der Waals surface area contributed by atoms with Crippen molar-refractivity contribution in [3.63, 3.8) is 0 Å². The van der Waals surface area contributed by atoms with Crippen molar-refractivity contribution >= 4 is 17.5 Å². The molecule has 0 bridgehead atoms. The molecule has 0 spiro atoms. The maximum Gasteiger partial charge on any atom is 0.255 e. The highest BCUT2D eigenvalue weighted by Crippen LogP contribution is 2.16. The molecule has 2 amide bonds. The Morgan fingerprint density at radius 1 is 0.800 bits per heavy atom. The number of anilines is 1. The highest BCUT2D eigenvalue weighted by molar-refractivity contribution is 6.04. The lowest BCUT2D eigenvalue weighted by atomic mass is 10.0. The van der Waals surface area contributed by atoms with E-state index in [4.69, 9.17) is 0 Å². The van der Waals surface area contributed by atoms with E-state index in [1.807, 2.05) is 45.0 Å². The maximum absolute atomic E-state index is 12.3. The predicted octanol–water partition coefficient (Wildman–Crippen LogP) is 4.59. The zero-order valence-electron chi connectivity index (χ0n) is 15.5. The molecule has 2 aromatic rings. The molecule has 25 heavy (non-hydrogen) atoms. The number of hydrogen-bond acceptors (Lipinski definition) is 2. The van der Waals surface area contributed by atoms with Crippen molar-refractivity contribution in [3.05, 3.63) is 65.2 Å². The number of benzene rings is 2. The molecule has 0 saturated heterocycles. The topological polar surface area (TPSA) is 58.2 Å². The quantitative estimate of drug-likeness (QED) is 0.856. The first-order valence-corrected chi connectivity index (χ1v) is 8.49. The van der Waals surface area contributed by atoms with Gasteiger partial charge in [-0.3, -0.25) is 9.59 Å². The van der Waals surface area contributed by atoms with Crippen LogP contribution in [0.5, 0.6) is 0 Å². The van der Waals surface area contributed by atoms with Crippen LogP contribution in [0.1, 0.15) is 66.8 Å². The van der Waals surface area contributed by atoms with Gasteiger partial charge >= 0.3 is 0 Å². The molecule has 0 aliphatic carbocycles.